The van der Waals surface area contributed by atoms with Crippen molar-refractivity contribution in [2.24, 2.45) is 0 Å². The molecule has 1 aliphatic rings. The van der Waals surface area contributed by atoms with Crippen molar-refractivity contribution in [2.75, 3.05) is 13.7 Å². The molecular formula is C17H25N3O5S. The second-order valence-electron chi connectivity index (χ2n) is 6.21. The van der Waals surface area contributed by atoms with Crippen LogP contribution in [0.4, 0.5) is 0 Å². The molecule has 1 aromatic carbocycles. The van der Waals surface area contributed by atoms with E-state index in [-0.39, 0.29) is 28.3 Å². The normalized spacial score (nSPS) is 18.2. The third-order valence-corrected chi connectivity index (χ3v) is 5.78. The van der Waals surface area contributed by atoms with Crippen LogP contribution in [0.2, 0.25) is 0 Å². The van der Waals surface area contributed by atoms with Gasteiger partial charge in [-0.2, -0.15) is 0 Å². The largest absolute Gasteiger partial charge is 0.496 e. The zero-order valence-corrected chi connectivity index (χ0v) is 16.0. The van der Waals surface area contributed by atoms with Gasteiger partial charge in [-0.25, -0.2) is 13.1 Å². The second kappa shape index (κ2) is 8.50. The van der Waals surface area contributed by atoms with Gasteiger partial charge < -0.3 is 15.4 Å². The number of carbonyl (C=O) groups is 2. The zero-order valence-electron chi connectivity index (χ0n) is 15.2. The Morgan fingerprint density at radius 2 is 2.12 bits per heavy atom. The minimum atomic E-state index is -4.04. The first-order valence-corrected chi connectivity index (χ1v) is 10.0. The molecule has 0 bridgehead atoms. The standard InChI is InChI=1S/C17H25N3O5S/c1-4-14(15-6-5-9-18-15)19-17(22)13-10-12(7-8-16(13)25-3)26(23,24)20-11(2)21/h7-8,10,14-15,18H,4-6,9H2,1-3H3,(H,19,22)(H,20,21). The number of ether oxygens (including phenoxy) is 1. The van der Waals surface area contributed by atoms with Crippen molar-refractivity contribution in [2.45, 2.75) is 50.1 Å². The number of benzene rings is 1. The third kappa shape index (κ3) is 4.73. The van der Waals surface area contributed by atoms with Gasteiger partial charge in [-0.15, -0.1) is 0 Å². The molecule has 0 spiro atoms. The van der Waals surface area contributed by atoms with Crippen molar-refractivity contribution in [1.29, 1.82) is 0 Å². The minimum absolute atomic E-state index is 0.0645. The fraction of sp³-hybridized carbons (Fsp3) is 0.529. The minimum Gasteiger partial charge on any atom is -0.496 e. The molecule has 26 heavy (non-hydrogen) atoms. The summed E-state index contributed by atoms with van der Waals surface area (Å²) in [5.41, 5.74) is 0.107. The highest BCUT2D eigenvalue weighted by Gasteiger charge is 2.27. The maximum absolute atomic E-state index is 12.8. The molecule has 1 fully saturated rings. The first kappa shape index (κ1) is 20.2. The highest BCUT2D eigenvalue weighted by molar-refractivity contribution is 7.90. The molecule has 0 saturated carbocycles. The van der Waals surface area contributed by atoms with Crippen LogP contribution in [0.25, 0.3) is 0 Å². The molecule has 0 aliphatic carbocycles. The van der Waals surface area contributed by atoms with Crippen LogP contribution in [0.5, 0.6) is 5.75 Å². The van der Waals surface area contributed by atoms with Gasteiger partial charge in [0.25, 0.3) is 15.9 Å². The molecule has 3 N–H and O–H groups in total. The first-order valence-electron chi connectivity index (χ1n) is 8.54. The summed E-state index contributed by atoms with van der Waals surface area (Å²) in [6.07, 6.45) is 2.78. The number of amides is 2. The van der Waals surface area contributed by atoms with Crippen LogP contribution in [0.15, 0.2) is 23.1 Å². The lowest BCUT2D eigenvalue weighted by molar-refractivity contribution is -0.117. The summed E-state index contributed by atoms with van der Waals surface area (Å²) in [4.78, 5) is 23.7. The Balaban J connectivity index is 2.29. The molecule has 0 aromatic heterocycles. The van der Waals surface area contributed by atoms with Gasteiger partial charge >= 0.3 is 0 Å². The Morgan fingerprint density at radius 3 is 2.65 bits per heavy atom. The topological polar surface area (TPSA) is 114 Å². The summed E-state index contributed by atoms with van der Waals surface area (Å²) in [5, 5.41) is 6.32. The Morgan fingerprint density at radius 1 is 1.38 bits per heavy atom. The molecule has 1 aliphatic heterocycles. The van der Waals surface area contributed by atoms with Crippen LogP contribution in [-0.2, 0) is 14.8 Å². The van der Waals surface area contributed by atoms with Crippen molar-refractivity contribution >= 4 is 21.8 Å². The van der Waals surface area contributed by atoms with Gasteiger partial charge in [-0.05, 0) is 44.0 Å². The number of hydrogen-bond acceptors (Lipinski definition) is 6. The lowest BCUT2D eigenvalue weighted by Gasteiger charge is -2.24. The maximum atomic E-state index is 12.8. The van der Waals surface area contributed by atoms with E-state index < -0.39 is 21.8 Å². The maximum Gasteiger partial charge on any atom is 0.264 e. The molecule has 9 heteroatoms. The third-order valence-electron chi connectivity index (χ3n) is 4.34. The van der Waals surface area contributed by atoms with E-state index in [1.54, 1.807) is 0 Å². The predicted molar refractivity (Wildman–Crippen MR) is 96.6 cm³/mol. The highest BCUT2D eigenvalue weighted by Crippen LogP contribution is 2.23. The number of methoxy groups -OCH3 is 1. The van der Waals surface area contributed by atoms with Crippen molar-refractivity contribution in [3.05, 3.63) is 23.8 Å². The summed E-state index contributed by atoms with van der Waals surface area (Å²) >= 11 is 0. The predicted octanol–water partition coefficient (Wildman–Crippen LogP) is 0.780. The molecule has 1 aromatic rings. The molecule has 144 valence electrons. The van der Waals surface area contributed by atoms with E-state index in [1.165, 1.54) is 25.3 Å². The molecule has 8 nitrogen and oxygen atoms in total. The van der Waals surface area contributed by atoms with Crippen LogP contribution in [0.1, 0.15) is 43.5 Å². The quantitative estimate of drug-likeness (QED) is 0.641. The molecule has 1 saturated heterocycles. The van der Waals surface area contributed by atoms with E-state index in [9.17, 15) is 18.0 Å². The van der Waals surface area contributed by atoms with Crippen LogP contribution in [0.3, 0.4) is 0 Å². The fourth-order valence-electron chi connectivity index (χ4n) is 3.07. The molecule has 2 rings (SSSR count). The summed E-state index contributed by atoms with van der Waals surface area (Å²) in [6, 6.07) is 4.04. The smallest absolute Gasteiger partial charge is 0.264 e. The molecular weight excluding hydrogens is 358 g/mol. The fourth-order valence-corrected chi connectivity index (χ4v) is 4.08. The van der Waals surface area contributed by atoms with Gasteiger partial charge in [0, 0.05) is 19.0 Å². The average Bonchev–Trinajstić information content (AvgIpc) is 3.12. The molecule has 1 heterocycles. The average molecular weight is 383 g/mol. The summed E-state index contributed by atoms with van der Waals surface area (Å²) in [5.74, 6) is -0.856. The van der Waals surface area contributed by atoms with E-state index >= 15 is 0 Å². The number of hydrogen-bond donors (Lipinski definition) is 3. The van der Waals surface area contributed by atoms with Crippen LogP contribution in [0, 0.1) is 0 Å². The summed E-state index contributed by atoms with van der Waals surface area (Å²) in [6.45, 7) is 4.01. The zero-order chi connectivity index (χ0) is 19.3. The molecule has 2 amide bonds. The van der Waals surface area contributed by atoms with Gasteiger partial charge in [0.05, 0.1) is 17.6 Å². The Bertz CT molecular complexity index is 773. The second-order valence-corrected chi connectivity index (χ2v) is 7.90. The summed E-state index contributed by atoms with van der Waals surface area (Å²) in [7, 11) is -2.63. The molecule has 0 radical (unpaired) electrons. The van der Waals surface area contributed by atoms with Crippen LogP contribution in [-0.4, -0.2) is 46.0 Å². The number of nitrogens with one attached hydrogen (secondary N) is 3. The van der Waals surface area contributed by atoms with Crippen LogP contribution >= 0.6 is 0 Å². The Labute approximate surface area is 153 Å². The lowest BCUT2D eigenvalue weighted by atomic mass is 10.0. The number of carbonyl (C=O) groups excluding carboxylic acids is 2. The lowest BCUT2D eigenvalue weighted by Crippen LogP contribution is -2.47. The van der Waals surface area contributed by atoms with Crippen molar-refractivity contribution in [1.82, 2.24) is 15.4 Å². The molecule has 2 unspecified atom stereocenters. The number of sulfonamides is 1. The monoisotopic (exact) mass is 383 g/mol. The van der Waals surface area contributed by atoms with Gasteiger partial charge in [-0.1, -0.05) is 6.92 Å². The SMILES string of the molecule is CCC(NC(=O)c1cc(S(=O)(=O)NC(C)=O)ccc1OC)C1CCCN1. The van der Waals surface area contributed by atoms with Crippen molar-refractivity contribution in [3.8, 4) is 5.75 Å². The Hall–Kier alpha value is -2.13. The van der Waals surface area contributed by atoms with E-state index in [4.69, 9.17) is 4.74 Å². The molecule has 2 atom stereocenters. The first-order chi connectivity index (χ1) is 12.3. The van der Waals surface area contributed by atoms with Gasteiger partial charge in [0.15, 0.2) is 0 Å². The van der Waals surface area contributed by atoms with Crippen molar-refractivity contribution in [3.63, 3.8) is 0 Å². The van der Waals surface area contributed by atoms with Gasteiger partial charge in [0.2, 0.25) is 5.91 Å². The van der Waals surface area contributed by atoms with E-state index in [2.05, 4.69) is 10.6 Å². The highest BCUT2D eigenvalue weighted by atomic mass is 32.2. The van der Waals surface area contributed by atoms with Gasteiger partial charge in [-0.3, -0.25) is 9.59 Å². The Kier molecular flexibility index (Phi) is 6.60. The number of rotatable bonds is 7. The summed E-state index contributed by atoms with van der Waals surface area (Å²) < 4.78 is 31.5. The van der Waals surface area contributed by atoms with Crippen molar-refractivity contribution < 1.29 is 22.7 Å². The van der Waals surface area contributed by atoms with Crippen LogP contribution < -0.4 is 20.1 Å². The van der Waals surface area contributed by atoms with E-state index in [0.717, 1.165) is 32.7 Å². The van der Waals surface area contributed by atoms with E-state index in [0.29, 0.717) is 0 Å². The van der Waals surface area contributed by atoms with E-state index in [1.807, 2.05) is 11.6 Å². The van der Waals surface area contributed by atoms with Gasteiger partial charge in [0.1, 0.15) is 5.75 Å².